The van der Waals surface area contributed by atoms with E-state index in [1.807, 2.05) is 13.8 Å². The number of rotatable bonds is 6. The summed E-state index contributed by atoms with van der Waals surface area (Å²) in [7, 11) is 0. The second kappa shape index (κ2) is 7.47. The zero-order valence-electron chi connectivity index (χ0n) is 12.2. The summed E-state index contributed by atoms with van der Waals surface area (Å²) < 4.78 is 0. The van der Waals surface area contributed by atoms with E-state index in [0.29, 0.717) is 24.3 Å². The minimum absolute atomic E-state index is 0.196. The van der Waals surface area contributed by atoms with E-state index in [2.05, 4.69) is 15.6 Å². The number of nitrogen functional groups attached to an aromatic ring is 1. The van der Waals surface area contributed by atoms with Crippen molar-refractivity contribution in [2.75, 3.05) is 12.3 Å². The Hall–Kier alpha value is -2.11. The Morgan fingerprint density at radius 2 is 2.05 bits per heavy atom. The lowest BCUT2D eigenvalue weighted by Crippen LogP contribution is -2.45. The van der Waals surface area contributed by atoms with Gasteiger partial charge in [0.05, 0.1) is 0 Å². The number of anilines is 1. The van der Waals surface area contributed by atoms with E-state index in [-0.39, 0.29) is 11.8 Å². The Labute approximate surface area is 119 Å². The first-order chi connectivity index (χ1) is 9.47. The van der Waals surface area contributed by atoms with Crippen molar-refractivity contribution < 1.29 is 9.59 Å². The Morgan fingerprint density at radius 3 is 2.65 bits per heavy atom. The van der Waals surface area contributed by atoms with Gasteiger partial charge in [-0.25, -0.2) is 4.98 Å². The van der Waals surface area contributed by atoms with Crippen LogP contribution in [0, 0.1) is 0 Å². The summed E-state index contributed by atoms with van der Waals surface area (Å²) in [6.07, 6.45) is 1.55. The van der Waals surface area contributed by atoms with Crippen LogP contribution < -0.4 is 16.4 Å². The molecule has 20 heavy (non-hydrogen) atoms. The number of hydrogen-bond donors (Lipinski definition) is 3. The maximum atomic E-state index is 12.1. The van der Waals surface area contributed by atoms with E-state index in [1.54, 1.807) is 13.0 Å². The lowest BCUT2D eigenvalue weighted by Gasteiger charge is -2.14. The molecule has 1 rings (SSSR count). The zero-order chi connectivity index (χ0) is 15.1. The Morgan fingerprint density at radius 1 is 1.35 bits per heavy atom. The van der Waals surface area contributed by atoms with Gasteiger partial charge in [-0.3, -0.25) is 9.59 Å². The van der Waals surface area contributed by atoms with Crippen LogP contribution in [0.1, 0.15) is 43.2 Å². The summed E-state index contributed by atoms with van der Waals surface area (Å²) in [6.45, 7) is 6.15. The molecule has 1 heterocycles. The van der Waals surface area contributed by atoms with Crippen LogP contribution in [-0.4, -0.2) is 29.4 Å². The lowest BCUT2D eigenvalue weighted by atomic mass is 10.1. The average Bonchev–Trinajstić information content (AvgIpc) is 2.43. The number of nitrogens with two attached hydrogens (primary N) is 1. The van der Waals surface area contributed by atoms with Gasteiger partial charge in [-0.05, 0) is 31.9 Å². The van der Waals surface area contributed by atoms with Crippen LogP contribution in [0.5, 0.6) is 0 Å². The summed E-state index contributed by atoms with van der Waals surface area (Å²) in [4.78, 5) is 27.9. The van der Waals surface area contributed by atoms with Crippen LogP contribution in [0.15, 0.2) is 12.1 Å². The molecule has 4 N–H and O–H groups in total. The van der Waals surface area contributed by atoms with Crippen molar-refractivity contribution in [3.05, 3.63) is 23.4 Å². The zero-order valence-corrected chi connectivity index (χ0v) is 12.2. The molecule has 0 aromatic carbocycles. The molecular formula is C14H22N4O2. The highest BCUT2D eigenvalue weighted by molar-refractivity contribution is 5.97. The van der Waals surface area contributed by atoms with Gasteiger partial charge in [0.25, 0.3) is 5.91 Å². The first-order valence-corrected chi connectivity index (χ1v) is 6.82. The number of carbonyl (C=O) groups is 2. The highest BCUT2D eigenvalue weighted by Crippen LogP contribution is 2.08. The third-order valence-corrected chi connectivity index (χ3v) is 2.81. The molecule has 1 unspecified atom stereocenters. The molecule has 1 atom stereocenters. The Kier molecular flexibility index (Phi) is 5.96. The van der Waals surface area contributed by atoms with Gasteiger partial charge in [-0.15, -0.1) is 0 Å². The first kappa shape index (κ1) is 15.9. The van der Waals surface area contributed by atoms with Crippen molar-refractivity contribution in [3.63, 3.8) is 0 Å². The summed E-state index contributed by atoms with van der Waals surface area (Å²) in [5.74, 6) is -0.219. The van der Waals surface area contributed by atoms with E-state index in [9.17, 15) is 9.59 Å². The van der Waals surface area contributed by atoms with Crippen LogP contribution in [0.25, 0.3) is 0 Å². The van der Waals surface area contributed by atoms with E-state index in [0.717, 1.165) is 12.1 Å². The molecule has 0 saturated carbocycles. The van der Waals surface area contributed by atoms with Crippen molar-refractivity contribution in [2.45, 2.75) is 39.7 Å². The predicted molar refractivity (Wildman–Crippen MR) is 78.3 cm³/mol. The molecule has 0 aliphatic rings. The molecule has 0 aliphatic heterocycles. The second-order valence-electron chi connectivity index (χ2n) is 4.61. The quantitative estimate of drug-likeness (QED) is 0.719. The van der Waals surface area contributed by atoms with Crippen molar-refractivity contribution in [3.8, 4) is 0 Å². The minimum Gasteiger partial charge on any atom is -0.384 e. The topological polar surface area (TPSA) is 97.1 Å². The van der Waals surface area contributed by atoms with Gasteiger partial charge in [-0.2, -0.15) is 0 Å². The molecule has 0 spiro atoms. The second-order valence-corrected chi connectivity index (χ2v) is 4.61. The third kappa shape index (κ3) is 4.53. The van der Waals surface area contributed by atoms with Crippen molar-refractivity contribution in [1.82, 2.24) is 15.6 Å². The fourth-order valence-electron chi connectivity index (χ4n) is 1.67. The molecule has 110 valence electrons. The van der Waals surface area contributed by atoms with E-state index in [4.69, 9.17) is 5.73 Å². The number of aromatic nitrogens is 1. The Bertz CT molecular complexity index is 488. The van der Waals surface area contributed by atoms with Crippen molar-refractivity contribution in [2.24, 2.45) is 0 Å². The number of carbonyl (C=O) groups excluding carboxylic acids is 2. The number of hydrogen-bond acceptors (Lipinski definition) is 4. The van der Waals surface area contributed by atoms with Gasteiger partial charge in [-0.1, -0.05) is 13.8 Å². The fourth-order valence-corrected chi connectivity index (χ4v) is 1.67. The summed E-state index contributed by atoms with van der Waals surface area (Å²) in [5, 5.41) is 5.38. The van der Waals surface area contributed by atoms with E-state index >= 15 is 0 Å². The third-order valence-electron chi connectivity index (χ3n) is 2.81. The number of aryl methyl sites for hydroxylation is 1. The monoisotopic (exact) mass is 278 g/mol. The summed E-state index contributed by atoms with van der Waals surface area (Å²) in [5.41, 5.74) is 6.83. The molecule has 0 fully saturated rings. The first-order valence-electron chi connectivity index (χ1n) is 6.82. The largest absolute Gasteiger partial charge is 0.384 e. The average molecular weight is 278 g/mol. The molecule has 2 amide bonds. The highest BCUT2D eigenvalue weighted by Gasteiger charge is 2.16. The van der Waals surface area contributed by atoms with Crippen molar-refractivity contribution in [1.29, 1.82) is 0 Å². The van der Waals surface area contributed by atoms with Gasteiger partial charge >= 0.3 is 0 Å². The molecule has 6 nitrogen and oxygen atoms in total. The summed E-state index contributed by atoms with van der Waals surface area (Å²) in [6, 6.07) is 2.60. The summed E-state index contributed by atoms with van der Waals surface area (Å²) >= 11 is 0. The van der Waals surface area contributed by atoms with Gasteiger partial charge < -0.3 is 16.4 Å². The minimum atomic E-state index is -0.589. The van der Waals surface area contributed by atoms with Gasteiger partial charge in [0.1, 0.15) is 11.9 Å². The van der Waals surface area contributed by atoms with E-state index < -0.39 is 6.04 Å². The molecule has 0 aliphatic carbocycles. The standard InChI is InChI=1S/C14H22N4O2/c1-4-6-16-13(19)9(3)17-14(20)10-7-11(5-2)18-12(15)8-10/h7-9H,4-6H2,1-3H3,(H2,15,18)(H,16,19)(H,17,20). The number of nitrogens with one attached hydrogen (secondary N) is 2. The molecule has 1 aromatic rings. The fraction of sp³-hybridized carbons (Fsp3) is 0.500. The van der Waals surface area contributed by atoms with Crippen molar-refractivity contribution >= 4 is 17.6 Å². The van der Waals surface area contributed by atoms with Gasteiger partial charge in [0, 0.05) is 17.8 Å². The molecule has 0 radical (unpaired) electrons. The Balaban J connectivity index is 2.71. The van der Waals surface area contributed by atoms with Gasteiger partial charge in [0.2, 0.25) is 5.91 Å². The molecular weight excluding hydrogens is 256 g/mol. The number of amides is 2. The van der Waals surface area contributed by atoms with Crippen LogP contribution >= 0.6 is 0 Å². The van der Waals surface area contributed by atoms with Crippen LogP contribution in [0.3, 0.4) is 0 Å². The van der Waals surface area contributed by atoms with Crippen LogP contribution in [-0.2, 0) is 11.2 Å². The number of pyridine rings is 1. The van der Waals surface area contributed by atoms with Gasteiger partial charge in [0.15, 0.2) is 0 Å². The highest BCUT2D eigenvalue weighted by atomic mass is 16.2. The van der Waals surface area contributed by atoms with Crippen LogP contribution in [0.2, 0.25) is 0 Å². The maximum Gasteiger partial charge on any atom is 0.252 e. The predicted octanol–water partition coefficient (Wildman–Crippen LogP) is 0.871. The molecule has 0 bridgehead atoms. The van der Waals surface area contributed by atoms with E-state index in [1.165, 1.54) is 6.07 Å². The smallest absolute Gasteiger partial charge is 0.252 e. The lowest BCUT2D eigenvalue weighted by molar-refractivity contribution is -0.122. The molecule has 6 heteroatoms. The maximum absolute atomic E-state index is 12.1. The normalized spacial score (nSPS) is 11.8. The number of nitrogens with zero attached hydrogens (tertiary/aromatic N) is 1. The SMILES string of the molecule is CCCNC(=O)C(C)NC(=O)c1cc(N)nc(CC)c1. The molecule has 1 aromatic heterocycles. The molecule has 0 saturated heterocycles. The van der Waals surface area contributed by atoms with Crippen LogP contribution in [0.4, 0.5) is 5.82 Å².